The fourth-order valence-electron chi connectivity index (χ4n) is 2.92. The van der Waals surface area contributed by atoms with Crippen LogP contribution in [0.4, 0.5) is 13.2 Å². The summed E-state index contributed by atoms with van der Waals surface area (Å²) in [7, 11) is 0. The molecule has 0 spiro atoms. The summed E-state index contributed by atoms with van der Waals surface area (Å²) in [5.41, 5.74) is -0.580. The van der Waals surface area contributed by atoms with Crippen LogP contribution in [0.1, 0.15) is 39.7 Å². The van der Waals surface area contributed by atoms with Gasteiger partial charge in [0.2, 0.25) is 0 Å². The van der Waals surface area contributed by atoms with Crippen molar-refractivity contribution >= 4 is 0 Å². The Labute approximate surface area is 123 Å². The summed E-state index contributed by atoms with van der Waals surface area (Å²) < 4.78 is 43.4. The number of hydrogen-bond donors (Lipinski definition) is 0. The molecular formula is C16H22F3NO. The first kappa shape index (κ1) is 16.1. The molecule has 0 bridgehead atoms. The average Bonchev–Trinajstić information content (AvgIpc) is 2.69. The van der Waals surface area contributed by atoms with Crippen LogP contribution >= 0.6 is 0 Å². The van der Waals surface area contributed by atoms with E-state index in [0.717, 1.165) is 25.1 Å². The molecule has 1 unspecified atom stereocenters. The molecule has 0 N–H and O–H groups in total. The van der Waals surface area contributed by atoms with Crippen LogP contribution in [0.25, 0.3) is 0 Å². The van der Waals surface area contributed by atoms with E-state index in [-0.39, 0.29) is 11.6 Å². The minimum absolute atomic E-state index is 0.0240. The predicted molar refractivity (Wildman–Crippen MR) is 76.4 cm³/mol. The molecule has 1 fully saturated rings. The minimum atomic E-state index is -4.30. The van der Waals surface area contributed by atoms with Gasteiger partial charge < -0.3 is 4.74 Å². The highest BCUT2D eigenvalue weighted by Crippen LogP contribution is 2.32. The average molecular weight is 301 g/mol. The lowest BCUT2D eigenvalue weighted by Crippen LogP contribution is -2.44. The maximum absolute atomic E-state index is 12.5. The lowest BCUT2D eigenvalue weighted by atomic mass is 10.1. The van der Waals surface area contributed by atoms with E-state index in [1.54, 1.807) is 0 Å². The van der Waals surface area contributed by atoms with Crippen molar-refractivity contribution < 1.29 is 17.9 Å². The molecule has 2 nitrogen and oxygen atoms in total. The second kappa shape index (κ2) is 5.52. The Morgan fingerprint density at radius 1 is 1.10 bits per heavy atom. The zero-order valence-electron chi connectivity index (χ0n) is 12.9. The molecule has 1 heterocycles. The number of likely N-dealkylation sites (tertiary alicyclic amines) is 1. The largest absolute Gasteiger partial charge is 0.489 e. The molecule has 0 aromatic heterocycles. The van der Waals surface area contributed by atoms with Crippen molar-refractivity contribution in [2.45, 2.75) is 58.0 Å². The molecule has 0 saturated carbocycles. The van der Waals surface area contributed by atoms with Crippen molar-refractivity contribution in [3.63, 3.8) is 0 Å². The fraction of sp³-hybridized carbons (Fsp3) is 0.625. The SMILES string of the molecule is C[C@H]1CC(Oc2ccc(C(F)(F)F)cc2)CN1C(C)(C)C. The molecule has 1 aromatic carbocycles. The molecule has 2 atom stereocenters. The Balaban J connectivity index is 2.00. The van der Waals surface area contributed by atoms with Crippen LogP contribution < -0.4 is 4.74 Å². The summed E-state index contributed by atoms with van der Waals surface area (Å²) in [6.07, 6.45) is -3.39. The summed E-state index contributed by atoms with van der Waals surface area (Å²) in [4.78, 5) is 2.36. The molecule has 118 valence electrons. The van der Waals surface area contributed by atoms with Gasteiger partial charge in [-0.05, 0) is 52.0 Å². The predicted octanol–water partition coefficient (Wildman–Crippen LogP) is 4.35. The molecular weight excluding hydrogens is 279 g/mol. The molecule has 1 saturated heterocycles. The van der Waals surface area contributed by atoms with Crippen LogP contribution in [0.3, 0.4) is 0 Å². The highest BCUT2D eigenvalue weighted by molar-refractivity contribution is 5.29. The smallest absolute Gasteiger partial charge is 0.416 e. The number of benzene rings is 1. The van der Waals surface area contributed by atoms with Gasteiger partial charge in [0.1, 0.15) is 11.9 Å². The first-order valence-electron chi connectivity index (χ1n) is 7.18. The van der Waals surface area contributed by atoms with E-state index in [1.807, 2.05) is 0 Å². The summed E-state index contributed by atoms with van der Waals surface area (Å²) in [6, 6.07) is 5.33. The third kappa shape index (κ3) is 3.90. The van der Waals surface area contributed by atoms with E-state index in [0.29, 0.717) is 11.8 Å². The summed E-state index contributed by atoms with van der Waals surface area (Å²) in [5, 5.41) is 0. The van der Waals surface area contributed by atoms with Crippen molar-refractivity contribution in [3.8, 4) is 5.75 Å². The Morgan fingerprint density at radius 2 is 1.67 bits per heavy atom. The van der Waals surface area contributed by atoms with Crippen molar-refractivity contribution in [2.75, 3.05) is 6.54 Å². The molecule has 5 heteroatoms. The van der Waals surface area contributed by atoms with Crippen molar-refractivity contribution in [3.05, 3.63) is 29.8 Å². The molecule has 1 aliphatic rings. The lowest BCUT2D eigenvalue weighted by molar-refractivity contribution is -0.137. The molecule has 0 aliphatic carbocycles. The Morgan fingerprint density at radius 3 is 2.10 bits per heavy atom. The van der Waals surface area contributed by atoms with Gasteiger partial charge in [-0.2, -0.15) is 13.2 Å². The second-order valence-corrected chi connectivity index (χ2v) is 6.67. The van der Waals surface area contributed by atoms with Gasteiger partial charge in [-0.25, -0.2) is 0 Å². The van der Waals surface area contributed by atoms with Crippen molar-refractivity contribution in [2.24, 2.45) is 0 Å². The Kier molecular flexibility index (Phi) is 4.24. The molecule has 21 heavy (non-hydrogen) atoms. The quantitative estimate of drug-likeness (QED) is 0.805. The van der Waals surface area contributed by atoms with Crippen molar-refractivity contribution in [1.29, 1.82) is 0 Å². The topological polar surface area (TPSA) is 12.5 Å². The number of nitrogens with zero attached hydrogens (tertiary/aromatic N) is 1. The van der Waals surface area contributed by atoms with Gasteiger partial charge >= 0.3 is 6.18 Å². The van der Waals surface area contributed by atoms with E-state index in [2.05, 4.69) is 32.6 Å². The van der Waals surface area contributed by atoms with E-state index < -0.39 is 11.7 Å². The normalized spacial score (nSPS) is 24.3. The van der Waals surface area contributed by atoms with Gasteiger partial charge in [0.15, 0.2) is 0 Å². The molecule has 0 radical (unpaired) electrons. The first-order chi connectivity index (χ1) is 9.57. The lowest BCUT2D eigenvalue weighted by Gasteiger charge is -2.35. The van der Waals surface area contributed by atoms with Crippen LogP contribution in [-0.2, 0) is 6.18 Å². The van der Waals surface area contributed by atoms with Crippen LogP contribution in [0, 0.1) is 0 Å². The van der Waals surface area contributed by atoms with Gasteiger partial charge in [-0.3, -0.25) is 4.90 Å². The zero-order chi connectivity index (χ0) is 15.8. The molecule has 2 rings (SSSR count). The summed E-state index contributed by atoms with van der Waals surface area (Å²) in [6.45, 7) is 9.42. The number of alkyl halides is 3. The second-order valence-electron chi connectivity index (χ2n) is 6.67. The third-order valence-corrected chi connectivity index (χ3v) is 3.88. The Bertz CT molecular complexity index is 476. The van der Waals surface area contributed by atoms with E-state index in [1.165, 1.54) is 12.1 Å². The van der Waals surface area contributed by atoms with Crippen LogP contribution in [0.15, 0.2) is 24.3 Å². The number of ether oxygens (including phenoxy) is 1. The van der Waals surface area contributed by atoms with Gasteiger partial charge in [-0.1, -0.05) is 0 Å². The maximum Gasteiger partial charge on any atom is 0.416 e. The number of hydrogen-bond acceptors (Lipinski definition) is 2. The van der Waals surface area contributed by atoms with Crippen LogP contribution in [0.2, 0.25) is 0 Å². The monoisotopic (exact) mass is 301 g/mol. The third-order valence-electron chi connectivity index (χ3n) is 3.88. The summed E-state index contributed by atoms with van der Waals surface area (Å²) in [5.74, 6) is 0.496. The Hall–Kier alpha value is -1.23. The van der Waals surface area contributed by atoms with Gasteiger partial charge in [-0.15, -0.1) is 0 Å². The molecule has 0 amide bonds. The number of halogens is 3. The van der Waals surface area contributed by atoms with Gasteiger partial charge in [0.05, 0.1) is 5.56 Å². The highest BCUT2D eigenvalue weighted by atomic mass is 19.4. The maximum atomic E-state index is 12.5. The fourth-order valence-corrected chi connectivity index (χ4v) is 2.92. The van der Waals surface area contributed by atoms with E-state index >= 15 is 0 Å². The number of rotatable bonds is 2. The standard InChI is InChI=1S/C16H22F3NO/c1-11-9-14(10-20(11)15(2,3)4)21-13-7-5-12(6-8-13)16(17,18)19/h5-8,11,14H,9-10H2,1-4H3/t11-,14?/m0/s1. The minimum Gasteiger partial charge on any atom is -0.489 e. The van der Waals surface area contributed by atoms with E-state index in [4.69, 9.17) is 4.74 Å². The van der Waals surface area contributed by atoms with Crippen LogP contribution in [-0.4, -0.2) is 29.1 Å². The molecule has 1 aliphatic heterocycles. The van der Waals surface area contributed by atoms with Gasteiger partial charge in [0, 0.05) is 24.5 Å². The highest BCUT2D eigenvalue weighted by Gasteiger charge is 2.37. The molecule has 1 aromatic rings. The zero-order valence-corrected chi connectivity index (χ0v) is 12.9. The first-order valence-corrected chi connectivity index (χ1v) is 7.18. The summed E-state index contributed by atoms with van der Waals surface area (Å²) >= 11 is 0. The van der Waals surface area contributed by atoms with E-state index in [9.17, 15) is 13.2 Å². The van der Waals surface area contributed by atoms with Crippen molar-refractivity contribution in [1.82, 2.24) is 4.90 Å². The van der Waals surface area contributed by atoms with Crippen LogP contribution in [0.5, 0.6) is 5.75 Å². The van der Waals surface area contributed by atoms with Gasteiger partial charge in [0.25, 0.3) is 0 Å².